The van der Waals surface area contributed by atoms with Crippen molar-refractivity contribution in [3.8, 4) is 5.69 Å². The molecule has 0 amide bonds. The molecular weight excluding hydrogens is 332 g/mol. The third kappa shape index (κ3) is 3.68. The lowest BCUT2D eigenvalue weighted by atomic mass is 9.99. The van der Waals surface area contributed by atoms with E-state index in [4.69, 9.17) is 4.74 Å². The summed E-state index contributed by atoms with van der Waals surface area (Å²) in [7, 11) is 3.17. The van der Waals surface area contributed by atoms with Crippen molar-refractivity contribution in [3.05, 3.63) is 42.5 Å². The number of aliphatic imine (C=N–C) groups is 1. The molecular formula is C18H24N6O2. The van der Waals surface area contributed by atoms with Crippen LogP contribution in [0.15, 0.2) is 41.7 Å². The minimum absolute atomic E-state index is 0.133. The first-order valence-electron chi connectivity index (χ1n) is 8.61. The van der Waals surface area contributed by atoms with E-state index in [-0.39, 0.29) is 17.8 Å². The summed E-state index contributed by atoms with van der Waals surface area (Å²) < 4.78 is 6.84. The number of guanidine groups is 1. The lowest BCUT2D eigenvalue weighted by Crippen LogP contribution is -2.40. The van der Waals surface area contributed by atoms with Crippen molar-refractivity contribution in [1.82, 2.24) is 25.0 Å². The van der Waals surface area contributed by atoms with Crippen LogP contribution in [0.3, 0.4) is 0 Å². The summed E-state index contributed by atoms with van der Waals surface area (Å²) >= 11 is 0. The summed E-state index contributed by atoms with van der Waals surface area (Å²) in [6.07, 6.45) is 1.69. The van der Waals surface area contributed by atoms with Gasteiger partial charge in [0, 0.05) is 25.8 Å². The zero-order valence-corrected chi connectivity index (χ0v) is 15.3. The van der Waals surface area contributed by atoms with Crippen LogP contribution in [-0.2, 0) is 16.1 Å². The van der Waals surface area contributed by atoms with Crippen LogP contribution in [0.2, 0.25) is 0 Å². The van der Waals surface area contributed by atoms with Gasteiger partial charge in [0.05, 0.1) is 19.6 Å². The van der Waals surface area contributed by atoms with Gasteiger partial charge in [-0.2, -0.15) is 0 Å². The molecule has 2 atom stereocenters. The van der Waals surface area contributed by atoms with Gasteiger partial charge in [0.2, 0.25) is 0 Å². The molecule has 1 N–H and O–H groups in total. The lowest BCUT2D eigenvalue weighted by molar-refractivity contribution is -0.145. The molecule has 138 valence electrons. The summed E-state index contributed by atoms with van der Waals surface area (Å²) in [5.41, 5.74) is 1.00. The average Bonchev–Trinajstić information content (AvgIpc) is 3.29. The summed E-state index contributed by atoms with van der Waals surface area (Å²) in [4.78, 5) is 18.3. The highest BCUT2D eigenvalue weighted by atomic mass is 16.5. The van der Waals surface area contributed by atoms with Crippen LogP contribution in [0.25, 0.3) is 5.69 Å². The molecule has 0 bridgehead atoms. The van der Waals surface area contributed by atoms with Crippen molar-refractivity contribution in [3.63, 3.8) is 0 Å². The van der Waals surface area contributed by atoms with Crippen LogP contribution in [0.1, 0.15) is 12.7 Å². The number of rotatable bonds is 4. The van der Waals surface area contributed by atoms with Crippen LogP contribution >= 0.6 is 0 Å². The van der Waals surface area contributed by atoms with E-state index >= 15 is 0 Å². The fourth-order valence-corrected chi connectivity index (χ4v) is 3.27. The van der Waals surface area contributed by atoms with Crippen LogP contribution < -0.4 is 5.32 Å². The van der Waals surface area contributed by atoms with Gasteiger partial charge in [0.15, 0.2) is 11.8 Å². The Bertz CT molecular complexity index is 773. The molecule has 1 aromatic carbocycles. The number of carbonyl (C=O) groups is 1. The van der Waals surface area contributed by atoms with Gasteiger partial charge >= 0.3 is 5.97 Å². The van der Waals surface area contributed by atoms with E-state index in [0.29, 0.717) is 13.1 Å². The molecule has 0 saturated carbocycles. The number of ether oxygens (including phenoxy) is 1. The molecule has 3 rings (SSSR count). The second-order valence-corrected chi connectivity index (χ2v) is 6.37. The van der Waals surface area contributed by atoms with Gasteiger partial charge in [-0.05, 0) is 18.1 Å². The van der Waals surface area contributed by atoms with Crippen molar-refractivity contribution in [1.29, 1.82) is 0 Å². The number of nitrogens with zero attached hydrogens (tertiary/aromatic N) is 5. The van der Waals surface area contributed by atoms with Crippen LogP contribution in [0.4, 0.5) is 0 Å². The van der Waals surface area contributed by atoms with E-state index in [0.717, 1.165) is 24.0 Å². The maximum absolute atomic E-state index is 11.9. The fraction of sp³-hybridized carbons (Fsp3) is 0.444. The molecule has 8 nitrogen and oxygen atoms in total. The second kappa shape index (κ2) is 7.99. The quantitative estimate of drug-likeness (QED) is 0.501. The number of methoxy groups -OCH3 is 1. The van der Waals surface area contributed by atoms with E-state index in [9.17, 15) is 4.79 Å². The van der Waals surface area contributed by atoms with E-state index in [1.165, 1.54) is 7.11 Å². The van der Waals surface area contributed by atoms with Gasteiger partial charge in [0.1, 0.15) is 6.33 Å². The number of esters is 1. The SMILES string of the molecule is CN=C(NCc1nncn1-c1ccccc1)N1CC(C)C(C(=O)OC)C1. The highest BCUT2D eigenvalue weighted by Crippen LogP contribution is 2.24. The smallest absolute Gasteiger partial charge is 0.310 e. The molecule has 0 aliphatic carbocycles. The summed E-state index contributed by atoms with van der Waals surface area (Å²) in [5.74, 6) is 1.44. The fourth-order valence-electron chi connectivity index (χ4n) is 3.27. The predicted molar refractivity (Wildman–Crippen MR) is 97.8 cm³/mol. The molecule has 2 heterocycles. The number of para-hydroxylation sites is 1. The monoisotopic (exact) mass is 356 g/mol. The number of nitrogens with one attached hydrogen (secondary N) is 1. The van der Waals surface area contributed by atoms with Crippen molar-refractivity contribution in [2.75, 3.05) is 27.2 Å². The van der Waals surface area contributed by atoms with E-state index < -0.39 is 0 Å². The Labute approximate surface area is 152 Å². The van der Waals surface area contributed by atoms with Gasteiger partial charge in [-0.3, -0.25) is 14.4 Å². The first kappa shape index (κ1) is 17.9. The Morgan fingerprint density at radius 3 is 2.81 bits per heavy atom. The minimum Gasteiger partial charge on any atom is -0.469 e. The maximum atomic E-state index is 11.9. The summed E-state index contributed by atoms with van der Waals surface area (Å²) in [6, 6.07) is 9.93. The minimum atomic E-state index is -0.167. The molecule has 2 unspecified atom stereocenters. The molecule has 1 aromatic heterocycles. The summed E-state index contributed by atoms with van der Waals surface area (Å²) in [6.45, 7) is 3.89. The van der Waals surface area contributed by atoms with Gasteiger partial charge < -0.3 is 15.0 Å². The zero-order chi connectivity index (χ0) is 18.5. The first-order chi connectivity index (χ1) is 12.6. The van der Waals surface area contributed by atoms with Gasteiger partial charge in [-0.25, -0.2) is 0 Å². The predicted octanol–water partition coefficient (Wildman–Crippen LogP) is 1.08. The molecule has 1 saturated heterocycles. The molecule has 2 aromatic rings. The molecule has 1 fully saturated rings. The number of benzene rings is 1. The third-order valence-electron chi connectivity index (χ3n) is 4.68. The molecule has 1 aliphatic rings. The van der Waals surface area contributed by atoms with Crippen LogP contribution in [0, 0.1) is 11.8 Å². The Balaban J connectivity index is 1.66. The molecule has 26 heavy (non-hydrogen) atoms. The highest BCUT2D eigenvalue weighted by Gasteiger charge is 2.36. The van der Waals surface area contributed by atoms with Crippen molar-refractivity contribution < 1.29 is 9.53 Å². The highest BCUT2D eigenvalue weighted by molar-refractivity contribution is 5.82. The van der Waals surface area contributed by atoms with Gasteiger partial charge in [-0.1, -0.05) is 25.1 Å². The number of hydrogen-bond donors (Lipinski definition) is 1. The van der Waals surface area contributed by atoms with E-state index in [2.05, 4.69) is 32.3 Å². The first-order valence-corrected chi connectivity index (χ1v) is 8.61. The largest absolute Gasteiger partial charge is 0.469 e. The van der Waals surface area contributed by atoms with Crippen molar-refractivity contribution in [2.45, 2.75) is 13.5 Å². The van der Waals surface area contributed by atoms with Crippen LogP contribution in [-0.4, -0.2) is 58.8 Å². The summed E-state index contributed by atoms with van der Waals surface area (Å²) in [5, 5.41) is 11.5. The maximum Gasteiger partial charge on any atom is 0.310 e. The molecule has 1 aliphatic heterocycles. The van der Waals surface area contributed by atoms with Crippen molar-refractivity contribution >= 4 is 11.9 Å². The Morgan fingerprint density at radius 1 is 1.35 bits per heavy atom. The number of hydrogen-bond acceptors (Lipinski definition) is 5. The van der Waals surface area contributed by atoms with Gasteiger partial charge in [0.25, 0.3) is 0 Å². The standard InChI is InChI=1S/C18H24N6O2/c1-13-10-23(11-15(13)17(25)26-3)18(19-2)20-9-16-22-21-12-24(16)14-7-5-4-6-8-14/h4-8,12-13,15H,9-11H2,1-3H3,(H,19,20). The topological polar surface area (TPSA) is 84.6 Å². The average molecular weight is 356 g/mol. The Morgan fingerprint density at radius 2 is 2.12 bits per heavy atom. The molecule has 0 spiro atoms. The molecule has 8 heteroatoms. The Hall–Kier alpha value is -2.90. The Kier molecular flexibility index (Phi) is 5.50. The van der Waals surface area contributed by atoms with E-state index in [1.54, 1.807) is 13.4 Å². The molecule has 0 radical (unpaired) electrons. The van der Waals surface area contributed by atoms with Crippen molar-refractivity contribution in [2.24, 2.45) is 16.8 Å². The number of carbonyl (C=O) groups excluding carboxylic acids is 1. The number of likely N-dealkylation sites (tertiary alicyclic amines) is 1. The second-order valence-electron chi connectivity index (χ2n) is 6.37. The lowest BCUT2D eigenvalue weighted by Gasteiger charge is -2.21. The number of aromatic nitrogens is 3. The van der Waals surface area contributed by atoms with Gasteiger partial charge in [-0.15, -0.1) is 10.2 Å². The third-order valence-corrected chi connectivity index (χ3v) is 4.68. The van der Waals surface area contributed by atoms with E-state index in [1.807, 2.05) is 34.9 Å². The van der Waals surface area contributed by atoms with Crippen LogP contribution in [0.5, 0.6) is 0 Å². The normalized spacial score (nSPS) is 20.3. The zero-order valence-electron chi connectivity index (χ0n) is 15.3.